The lowest BCUT2D eigenvalue weighted by Gasteiger charge is -2.04. The SMILES string of the molecule is CCc1ccsc1CNS(=O)(=O)CC. The summed E-state index contributed by atoms with van der Waals surface area (Å²) in [7, 11) is -3.06. The highest BCUT2D eigenvalue weighted by molar-refractivity contribution is 7.89. The molecule has 0 spiro atoms. The Morgan fingerprint density at radius 2 is 2.14 bits per heavy atom. The number of thiophene rings is 1. The van der Waals surface area contributed by atoms with Gasteiger partial charge in [-0.15, -0.1) is 11.3 Å². The summed E-state index contributed by atoms with van der Waals surface area (Å²) in [5.41, 5.74) is 1.23. The van der Waals surface area contributed by atoms with Gasteiger partial charge in [-0.25, -0.2) is 13.1 Å². The fourth-order valence-electron chi connectivity index (χ4n) is 1.11. The molecule has 1 rings (SSSR count). The average Bonchev–Trinajstić information content (AvgIpc) is 2.62. The Labute approximate surface area is 89.2 Å². The number of sulfonamides is 1. The van der Waals surface area contributed by atoms with E-state index in [-0.39, 0.29) is 5.75 Å². The zero-order valence-corrected chi connectivity index (χ0v) is 10.0. The third kappa shape index (κ3) is 3.08. The molecule has 0 radical (unpaired) electrons. The van der Waals surface area contributed by atoms with Crippen LogP contribution in [-0.2, 0) is 23.0 Å². The largest absolute Gasteiger partial charge is 0.212 e. The zero-order valence-electron chi connectivity index (χ0n) is 8.41. The molecule has 0 amide bonds. The number of hydrogen-bond acceptors (Lipinski definition) is 3. The van der Waals surface area contributed by atoms with Crippen molar-refractivity contribution in [3.63, 3.8) is 0 Å². The van der Waals surface area contributed by atoms with Crippen molar-refractivity contribution >= 4 is 21.4 Å². The van der Waals surface area contributed by atoms with Gasteiger partial charge in [0.15, 0.2) is 0 Å². The maximum atomic E-state index is 11.2. The summed E-state index contributed by atoms with van der Waals surface area (Å²) in [5, 5.41) is 1.99. The van der Waals surface area contributed by atoms with Crippen molar-refractivity contribution in [3.05, 3.63) is 21.9 Å². The zero-order chi connectivity index (χ0) is 10.6. The van der Waals surface area contributed by atoms with Crippen LogP contribution in [0.1, 0.15) is 24.3 Å². The molecular formula is C9H15NO2S2. The molecule has 0 aliphatic carbocycles. The van der Waals surface area contributed by atoms with Crippen LogP contribution in [0.25, 0.3) is 0 Å². The van der Waals surface area contributed by atoms with Crippen LogP contribution in [0.15, 0.2) is 11.4 Å². The van der Waals surface area contributed by atoms with Gasteiger partial charge in [-0.2, -0.15) is 0 Å². The van der Waals surface area contributed by atoms with Gasteiger partial charge < -0.3 is 0 Å². The Balaban J connectivity index is 2.62. The molecule has 1 aromatic heterocycles. The van der Waals surface area contributed by atoms with Gasteiger partial charge in [0.05, 0.1) is 5.75 Å². The first-order chi connectivity index (χ1) is 6.59. The predicted molar refractivity (Wildman–Crippen MR) is 60.0 cm³/mol. The maximum Gasteiger partial charge on any atom is 0.211 e. The van der Waals surface area contributed by atoms with Crippen LogP contribution < -0.4 is 4.72 Å². The number of nitrogens with one attached hydrogen (secondary N) is 1. The van der Waals surface area contributed by atoms with Crippen molar-refractivity contribution in [2.24, 2.45) is 0 Å². The van der Waals surface area contributed by atoms with E-state index in [2.05, 4.69) is 11.6 Å². The first kappa shape index (κ1) is 11.7. The molecule has 0 saturated carbocycles. The molecule has 3 nitrogen and oxygen atoms in total. The van der Waals surface area contributed by atoms with Crippen molar-refractivity contribution in [2.75, 3.05) is 5.75 Å². The minimum atomic E-state index is -3.06. The fraction of sp³-hybridized carbons (Fsp3) is 0.556. The average molecular weight is 233 g/mol. The van der Waals surface area contributed by atoms with Gasteiger partial charge in [-0.3, -0.25) is 0 Å². The summed E-state index contributed by atoms with van der Waals surface area (Å²) < 4.78 is 24.9. The van der Waals surface area contributed by atoms with Crippen molar-refractivity contribution in [3.8, 4) is 0 Å². The summed E-state index contributed by atoms with van der Waals surface area (Å²) in [6.07, 6.45) is 0.951. The maximum absolute atomic E-state index is 11.2. The Morgan fingerprint density at radius 3 is 2.71 bits per heavy atom. The molecule has 1 heterocycles. The minimum absolute atomic E-state index is 0.139. The number of aryl methyl sites for hydroxylation is 1. The summed E-state index contributed by atoms with van der Waals surface area (Å²) in [4.78, 5) is 1.12. The van der Waals surface area contributed by atoms with E-state index in [9.17, 15) is 8.42 Å². The van der Waals surface area contributed by atoms with Gasteiger partial charge in [0.25, 0.3) is 0 Å². The molecule has 1 aromatic rings. The van der Waals surface area contributed by atoms with Crippen molar-refractivity contribution in [1.82, 2.24) is 4.72 Å². The molecule has 5 heteroatoms. The Morgan fingerprint density at radius 1 is 1.43 bits per heavy atom. The second-order valence-electron chi connectivity index (χ2n) is 2.95. The molecule has 0 fully saturated rings. The normalized spacial score (nSPS) is 11.9. The topological polar surface area (TPSA) is 46.2 Å². The number of hydrogen-bond donors (Lipinski definition) is 1. The van der Waals surface area contributed by atoms with Gasteiger partial charge in [0.2, 0.25) is 10.0 Å². The molecule has 0 atom stereocenters. The molecule has 80 valence electrons. The molecule has 0 aliphatic rings. The van der Waals surface area contributed by atoms with Crippen LogP contribution in [0.2, 0.25) is 0 Å². The third-order valence-corrected chi connectivity index (χ3v) is 4.36. The second kappa shape index (κ2) is 4.91. The highest BCUT2D eigenvalue weighted by atomic mass is 32.2. The second-order valence-corrected chi connectivity index (χ2v) is 6.04. The summed E-state index contributed by atoms with van der Waals surface area (Å²) in [6, 6.07) is 2.04. The van der Waals surface area contributed by atoms with E-state index in [0.29, 0.717) is 6.54 Å². The predicted octanol–water partition coefficient (Wildman–Crippen LogP) is 1.75. The summed E-state index contributed by atoms with van der Waals surface area (Å²) in [5.74, 6) is 0.139. The summed E-state index contributed by atoms with van der Waals surface area (Å²) in [6.45, 7) is 4.13. The van der Waals surface area contributed by atoms with Crippen LogP contribution >= 0.6 is 11.3 Å². The minimum Gasteiger partial charge on any atom is -0.212 e. The first-order valence-electron chi connectivity index (χ1n) is 4.61. The standard InChI is InChI=1S/C9H15NO2S2/c1-3-8-5-6-13-9(8)7-10-14(11,12)4-2/h5-6,10H,3-4,7H2,1-2H3. The van der Waals surface area contributed by atoms with Crippen molar-refractivity contribution < 1.29 is 8.42 Å². The van der Waals surface area contributed by atoms with E-state index in [1.54, 1.807) is 18.3 Å². The third-order valence-electron chi connectivity index (χ3n) is 2.05. The summed E-state index contributed by atoms with van der Waals surface area (Å²) >= 11 is 1.60. The Bertz CT molecular complexity index is 381. The van der Waals surface area contributed by atoms with Crippen LogP contribution in [0.5, 0.6) is 0 Å². The van der Waals surface area contributed by atoms with Crippen LogP contribution in [0, 0.1) is 0 Å². The lowest BCUT2D eigenvalue weighted by atomic mass is 10.2. The van der Waals surface area contributed by atoms with E-state index in [4.69, 9.17) is 0 Å². The van der Waals surface area contributed by atoms with Gasteiger partial charge in [-0.1, -0.05) is 6.92 Å². The Kier molecular flexibility index (Phi) is 4.10. The molecule has 0 saturated heterocycles. The fourth-order valence-corrected chi connectivity index (χ4v) is 2.69. The highest BCUT2D eigenvalue weighted by Gasteiger charge is 2.08. The van der Waals surface area contributed by atoms with E-state index in [1.165, 1.54) is 5.56 Å². The monoisotopic (exact) mass is 233 g/mol. The van der Waals surface area contributed by atoms with E-state index >= 15 is 0 Å². The Hall–Kier alpha value is -0.390. The van der Waals surface area contributed by atoms with Gasteiger partial charge in [-0.05, 0) is 30.4 Å². The number of rotatable bonds is 5. The molecule has 1 N–H and O–H groups in total. The van der Waals surface area contributed by atoms with Crippen LogP contribution in [0.4, 0.5) is 0 Å². The van der Waals surface area contributed by atoms with Gasteiger partial charge >= 0.3 is 0 Å². The van der Waals surface area contributed by atoms with Gasteiger partial charge in [0.1, 0.15) is 0 Å². The van der Waals surface area contributed by atoms with Crippen molar-refractivity contribution in [1.29, 1.82) is 0 Å². The molecule has 0 bridgehead atoms. The van der Waals surface area contributed by atoms with E-state index in [0.717, 1.165) is 11.3 Å². The van der Waals surface area contributed by atoms with Crippen LogP contribution in [-0.4, -0.2) is 14.2 Å². The quantitative estimate of drug-likeness (QED) is 0.842. The van der Waals surface area contributed by atoms with Gasteiger partial charge in [0, 0.05) is 11.4 Å². The first-order valence-corrected chi connectivity index (χ1v) is 7.14. The van der Waals surface area contributed by atoms with Crippen molar-refractivity contribution in [2.45, 2.75) is 26.8 Å². The van der Waals surface area contributed by atoms with E-state index < -0.39 is 10.0 Å². The smallest absolute Gasteiger partial charge is 0.211 e. The van der Waals surface area contributed by atoms with E-state index in [1.807, 2.05) is 11.4 Å². The highest BCUT2D eigenvalue weighted by Crippen LogP contribution is 2.17. The lowest BCUT2D eigenvalue weighted by Crippen LogP contribution is -2.24. The van der Waals surface area contributed by atoms with Crippen LogP contribution in [0.3, 0.4) is 0 Å². The molecule has 0 aliphatic heterocycles. The molecule has 0 unspecified atom stereocenters. The molecule has 0 aromatic carbocycles. The lowest BCUT2D eigenvalue weighted by molar-refractivity contribution is 0.583. The molecular weight excluding hydrogens is 218 g/mol. The molecule has 14 heavy (non-hydrogen) atoms.